The maximum Gasteiger partial charge on any atom is 0.253 e. The second kappa shape index (κ2) is 9.21. The minimum Gasteiger partial charge on any atom is -0.454 e. The smallest absolute Gasteiger partial charge is 0.253 e. The van der Waals surface area contributed by atoms with E-state index in [1.807, 2.05) is 73.3 Å². The minimum absolute atomic E-state index is 0.0238. The zero-order valence-electron chi connectivity index (χ0n) is 19.5. The van der Waals surface area contributed by atoms with E-state index in [9.17, 15) is 9.59 Å². The fraction of sp³-hybridized carbons (Fsp3) is 0.286. The molecule has 0 spiro atoms. The molecule has 1 atom stereocenters. The molecular weight excluding hydrogens is 428 g/mol. The summed E-state index contributed by atoms with van der Waals surface area (Å²) in [5.41, 5.74) is 4.91. The Bertz CT molecular complexity index is 1230. The van der Waals surface area contributed by atoms with Crippen molar-refractivity contribution in [1.82, 2.24) is 10.2 Å². The van der Waals surface area contributed by atoms with Crippen molar-refractivity contribution in [3.63, 3.8) is 0 Å². The molecule has 2 aliphatic rings. The molecule has 5 rings (SSSR count). The van der Waals surface area contributed by atoms with Crippen LogP contribution in [-0.4, -0.2) is 36.6 Å². The molecule has 0 radical (unpaired) electrons. The number of benzene rings is 3. The van der Waals surface area contributed by atoms with Crippen molar-refractivity contribution >= 4 is 11.8 Å². The second-order valence-corrected chi connectivity index (χ2v) is 8.97. The van der Waals surface area contributed by atoms with Crippen LogP contribution in [0.3, 0.4) is 0 Å². The lowest BCUT2D eigenvalue weighted by molar-refractivity contribution is 0.0793. The Morgan fingerprint density at radius 2 is 1.56 bits per heavy atom. The molecular formula is C28H28N2O4. The number of carbonyl (C=O) groups is 2. The Kier molecular flexibility index (Phi) is 5.97. The van der Waals surface area contributed by atoms with Crippen LogP contribution in [-0.2, 0) is 0 Å². The van der Waals surface area contributed by atoms with Gasteiger partial charge in [-0.1, -0.05) is 35.9 Å². The van der Waals surface area contributed by atoms with Gasteiger partial charge in [-0.2, -0.15) is 0 Å². The van der Waals surface area contributed by atoms with E-state index < -0.39 is 0 Å². The highest BCUT2D eigenvalue weighted by Gasteiger charge is 2.23. The van der Waals surface area contributed by atoms with E-state index in [1.165, 1.54) is 0 Å². The fourth-order valence-corrected chi connectivity index (χ4v) is 4.44. The van der Waals surface area contributed by atoms with Crippen LogP contribution in [0.15, 0.2) is 60.7 Å². The van der Waals surface area contributed by atoms with E-state index in [0.717, 1.165) is 48.2 Å². The molecule has 0 aliphatic carbocycles. The van der Waals surface area contributed by atoms with Crippen molar-refractivity contribution in [2.45, 2.75) is 32.7 Å². The number of hydrogen-bond acceptors (Lipinski definition) is 4. The molecule has 2 heterocycles. The predicted molar refractivity (Wildman–Crippen MR) is 130 cm³/mol. The molecule has 0 aromatic heterocycles. The molecule has 2 aliphatic heterocycles. The number of aryl methyl sites for hydroxylation is 1. The van der Waals surface area contributed by atoms with E-state index in [1.54, 1.807) is 6.07 Å². The van der Waals surface area contributed by atoms with Crippen LogP contribution in [0.25, 0.3) is 11.1 Å². The molecule has 34 heavy (non-hydrogen) atoms. The summed E-state index contributed by atoms with van der Waals surface area (Å²) in [6.45, 7) is 5.69. The van der Waals surface area contributed by atoms with Crippen molar-refractivity contribution in [3.8, 4) is 22.6 Å². The first-order chi connectivity index (χ1) is 16.5. The molecule has 1 saturated heterocycles. The van der Waals surface area contributed by atoms with Crippen LogP contribution in [0.1, 0.15) is 57.7 Å². The summed E-state index contributed by atoms with van der Waals surface area (Å²) in [7, 11) is 0. The van der Waals surface area contributed by atoms with Crippen LogP contribution >= 0.6 is 0 Å². The lowest BCUT2D eigenvalue weighted by Crippen LogP contribution is -2.29. The van der Waals surface area contributed by atoms with Crippen molar-refractivity contribution < 1.29 is 19.1 Å². The monoisotopic (exact) mass is 456 g/mol. The van der Waals surface area contributed by atoms with Crippen molar-refractivity contribution in [2.75, 3.05) is 19.9 Å². The third-order valence-electron chi connectivity index (χ3n) is 6.46. The molecule has 1 fully saturated rings. The summed E-state index contributed by atoms with van der Waals surface area (Å²) in [5, 5.41) is 3.07. The predicted octanol–water partition coefficient (Wildman–Crippen LogP) is 5.12. The van der Waals surface area contributed by atoms with Gasteiger partial charge in [-0.05, 0) is 73.7 Å². The molecule has 0 saturated carbocycles. The number of fused-ring (bicyclic) bond motifs is 1. The van der Waals surface area contributed by atoms with Gasteiger partial charge in [-0.3, -0.25) is 9.59 Å². The summed E-state index contributed by atoms with van der Waals surface area (Å²) in [4.78, 5) is 28.4. The number of ether oxygens (including phenoxy) is 2. The first-order valence-electron chi connectivity index (χ1n) is 11.7. The zero-order chi connectivity index (χ0) is 23.7. The summed E-state index contributed by atoms with van der Waals surface area (Å²) in [5.74, 6) is 1.13. The van der Waals surface area contributed by atoms with Gasteiger partial charge in [0.05, 0.1) is 6.04 Å². The van der Waals surface area contributed by atoms with Gasteiger partial charge < -0.3 is 19.7 Å². The number of nitrogens with one attached hydrogen (secondary N) is 1. The van der Waals surface area contributed by atoms with Gasteiger partial charge >= 0.3 is 0 Å². The normalized spacial score (nSPS) is 15.3. The number of nitrogens with zero attached hydrogens (tertiary/aromatic N) is 1. The summed E-state index contributed by atoms with van der Waals surface area (Å²) in [6.07, 6.45) is 2.04. The molecule has 3 aromatic carbocycles. The van der Waals surface area contributed by atoms with Gasteiger partial charge in [0.25, 0.3) is 11.8 Å². The molecule has 0 bridgehead atoms. The highest BCUT2D eigenvalue weighted by Crippen LogP contribution is 2.34. The largest absolute Gasteiger partial charge is 0.454 e. The molecule has 6 heteroatoms. The number of hydrogen-bond donors (Lipinski definition) is 1. The molecule has 174 valence electrons. The molecule has 2 amide bonds. The standard InChI is InChI=1S/C28H28N2O4/c1-18-5-7-20(8-6-18)22-13-23(15-24(14-22)28(32)30-11-3-4-12-30)27(31)29-19(2)21-9-10-25-26(16-21)34-17-33-25/h5-10,13-16,19H,3-4,11-12,17H2,1-2H3,(H,29,31). The third kappa shape index (κ3) is 4.49. The summed E-state index contributed by atoms with van der Waals surface area (Å²) >= 11 is 0. The fourth-order valence-electron chi connectivity index (χ4n) is 4.44. The number of amides is 2. The van der Waals surface area contributed by atoms with Gasteiger partial charge in [0.15, 0.2) is 11.5 Å². The number of carbonyl (C=O) groups excluding carboxylic acids is 2. The van der Waals surface area contributed by atoms with Crippen LogP contribution in [0.4, 0.5) is 0 Å². The Morgan fingerprint density at radius 3 is 2.32 bits per heavy atom. The average Bonchev–Trinajstić information content (AvgIpc) is 3.55. The van der Waals surface area contributed by atoms with Crippen LogP contribution in [0.2, 0.25) is 0 Å². The third-order valence-corrected chi connectivity index (χ3v) is 6.46. The highest BCUT2D eigenvalue weighted by molar-refractivity contribution is 6.01. The van der Waals surface area contributed by atoms with E-state index >= 15 is 0 Å². The Hall–Kier alpha value is -3.80. The van der Waals surface area contributed by atoms with Crippen LogP contribution in [0, 0.1) is 6.92 Å². The van der Waals surface area contributed by atoms with Gasteiger partial charge in [-0.25, -0.2) is 0 Å². The topological polar surface area (TPSA) is 67.9 Å². The minimum atomic E-state index is -0.247. The highest BCUT2D eigenvalue weighted by atomic mass is 16.7. The van der Waals surface area contributed by atoms with Gasteiger partial charge in [0, 0.05) is 24.2 Å². The molecule has 6 nitrogen and oxygen atoms in total. The first-order valence-corrected chi connectivity index (χ1v) is 11.7. The maximum atomic E-state index is 13.3. The summed E-state index contributed by atoms with van der Waals surface area (Å²) < 4.78 is 10.8. The van der Waals surface area contributed by atoms with Crippen molar-refractivity contribution in [3.05, 3.63) is 82.9 Å². The molecule has 1 N–H and O–H groups in total. The number of likely N-dealkylation sites (tertiary alicyclic amines) is 1. The van der Waals surface area contributed by atoms with E-state index in [2.05, 4.69) is 5.32 Å². The Labute approximate surface area is 199 Å². The van der Waals surface area contributed by atoms with Crippen LogP contribution < -0.4 is 14.8 Å². The summed E-state index contributed by atoms with van der Waals surface area (Å²) in [6, 6.07) is 19.0. The van der Waals surface area contributed by atoms with Gasteiger partial charge in [-0.15, -0.1) is 0 Å². The Morgan fingerprint density at radius 1 is 0.853 bits per heavy atom. The second-order valence-electron chi connectivity index (χ2n) is 8.97. The first kappa shape index (κ1) is 22.0. The van der Waals surface area contributed by atoms with Crippen molar-refractivity contribution in [1.29, 1.82) is 0 Å². The van der Waals surface area contributed by atoms with E-state index in [-0.39, 0.29) is 24.6 Å². The Balaban J connectivity index is 1.44. The zero-order valence-corrected chi connectivity index (χ0v) is 19.5. The lowest BCUT2D eigenvalue weighted by atomic mass is 9.97. The quantitative estimate of drug-likeness (QED) is 0.579. The van der Waals surface area contributed by atoms with Crippen LogP contribution in [0.5, 0.6) is 11.5 Å². The van der Waals surface area contributed by atoms with Gasteiger partial charge in [0.2, 0.25) is 6.79 Å². The van der Waals surface area contributed by atoms with Crippen molar-refractivity contribution in [2.24, 2.45) is 0 Å². The maximum absolute atomic E-state index is 13.3. The molecule has 1 unspecified atom stereocenters. The SMILES string of the molecule is Cc1ccc(-c2cc(C(=O)NC(C)c3ccc4c(c3)OCO4)cc(C(=O)N3CCCC3)c2)cc1. The number of rotatable bonds is 5. The average molecular weight is 457 g/mol. The lowest BCUT2D eigenvalue weighted by Gasteiger charge is -2.18. The molecule has 3 aromatic rings. The van der Waals surface area contributed by atoms with Gasteiger partial charge in [0.1, 0.15) is 0 Å². The van der Waals surface area contributed by atoms with E-state index in [4.69, 9.17) is 9.47 Å². The van der Waals surface area contributed by atoms with E-state index in [0.29, 0.717) is 22.6 Å².